The number of carbonyl (C=O) groups is 1. The van der Waals surface area contributed by atoms with Gasteiger partial charge in [-0.15, -0.1) is 0 Å². The molecule has 3 aromatic rings. The molecule has 0 saturated heterocycles. The van der Waals surface area contributed by atoms with Crippen molar-refractivity contribution >= 4 is 22.9 Å². The number of hydrogen-bond donors (Lipinski definition) is 1. The lowest BCUT2D eigenvalue weighted by Gasteiger charge is -2.05. The fourth-order valence-electron chi connectivity index (χ4n) is 2.44. The first kappa shape index (κ1) is 14.1. The lowest BCUT2D eigenvalue weighted by atomic mass is 10.0. The zero-order valence-electron chi connectivity index (χ0n) is 12.4. The van der Waals surface area contributed by atoms with Crippen molar-refractivity contribution in [1.82, 2.24) is 9.99 Å². The molecule has 0 aliphatic carbocycles. The summed E-state index contributed by atoms with van der Waals surface area (Å²) >= 11 is 0. The Bertz CT molecular complexity index is 828. The Hall–Kier alpha value is -2.88. The molecule has 4 nitrogen and oxygen atoms in total. The lowest BCUT2D eigenvalue weighted by molar-refractivity contribution is -0.120. The van der Waals surface area contributed by atoms with Crippen LogP contribution in [0.25, 0.3) is 10.8 Å². The Morgan fingerprint density at radius 2 is 1.95 bits per heavy atom. The van der Waals surface area contributed by atoms with E-state index >= 15 is 0 Å². The first-order valence-corrected chi connectivity index (χ1v) is 7.14. The second-order valence-electron chi connectivity index (χ2n) is 5.15. The van der Waals surface area contributed by atoms with Crippen LogP contribution in [0.3, 0.4) is 0 Å². The van der Waals surface area contributed by atoms with E-state index in [4.69, 9.17) is 0 Å². The van der Waals surface area contributed by atoms with Crippen molar-refractivity contribution in [2.75, 3.05) is 0 Å². The average Bonchev–Trinajstić information content (AvgIpc) is 2.93. The van der Waals surface area contributed by atoms with Gasteiger partial charge < -0.3 is 4.57 Å². The molecule has 3 rings (SSSR count). The van der Waals surface area contributed by atoms with Gasteiger partial charge in [-0.3, -0.25) is 4.79 Å². The number of benzene rings is 2. The SMILES string of the molecule is Cn1cccc1/C=N\NC(=O)Cc1cccc2ccccc12. The molecule has 0 fully saturated rings. The molecule has 110 valence electrons. The summed E-state index contributed by atoms with van der Waals surface area (Å²) in [7, 11) is 1.93. The van der Waals surface area contributed by atoms with E-state index in [1.807, 2.05) is 72.4 Å². The number of nitrogens with zero attached hydrogens (tertiary/aromatic N) is 2. The highest BCUT2D eigenvalue weighted by molar-refractivity contribution is 5.90. The highest BCUT2D eigenvalue weighted by Gasteiger charge is 2.05. The summed E-state index contributed by atoms with van der Waals surface area (Å²) in [6, 6.07) is 17.9. The molecule has 0 saturated carbocycles. The van der Waals surface area contributed by atoms with Crippen LogP contribution in [0.2, 0.25) is 0 Å². The second kappa shape index (κ2) is 6.26. The summed E-state index contributed by atoms with van der Waals surface area (Å²) in [6.07, 6.45) is 3.88. The monoisotopic (exact) mass is 291 g/mol. The molecule has 22 heavy (non-hydrogen) atoms. The molecule has 0 aliphatic rings. The van der Waals surface area contributed by atoms with Crippen molar-refractivity contribution in [3.05, 3.63) is 72.1 Å². The van der Waals surface area contributed by atoms with Crippen molar-refractivity contribution in [3.8, 4) is 0 Å². The summed E-state index contributed by atoms with van der Waals surface area (Å²) < 4.78 is 1.93. The van der Waals surface area contributed by atoms with Crippen LogP contribution in [-0.2, 0) is 18.3 Å². The topological polar surface area (TPSA) is 46.4 Å². The van der Waals surface area contributed by atoms with Crippen LogP contribution >= 0.6 is 0 Å². The number of carbonyl (C=O) groups excluding carboxylic acids is 1. The van der Waals surface area contributed by atoms with Gasteiger partial charge in [0.15, 0.2) is 0 Å². The largest absolute Gasteiger partial charge is 0.350 e. The van der Waals surface area contributed by atoms with Gasteiger partial charge in [-0.05, 0) is 28.5 Å². The van der Waals surface area contributed by atoms with Crippen LogP contribution in [0.5, 0.6) is 0 Å². The maximum absolute atomic E-state index is 12.0. The fraction of sp³-hybridized carbons (Fsp3) is 0.111. The van der Waals surface area contributed by atoms with Crippen LogP contribution < -0.4 is 5.43 Å². The van der Waals surface area contributed by atoms with Crippen LogP contribution in [0.1, 0.15) is 11.3 Å². The van der Waals surface area contributed by atoms with E-state index in [9.17, 15) is 4.79 Å². The number of nitrogens with one attached hydrogen (secondary N) is 1. The third-order valence-electron chi connectivity index (χ3n) is 3.60. The predicted molar refractivity (Wildman–Crippen MR) is 88.8 cm³/mol. The standard InChI is InChI=1S/C18H17N3O/c1-21-11-5-9-16(21)13-19-20-18(22)12-15-8-4-7-14-6-2-3-10-17(14)15/h2-11,13H,12H2,1H3,(H,20,22)/b19-13-. The maximum atomic E-state index is 12.0. The van der Waals surface area contributed by atoms with Crippen LogP contribution in [0.4, 0.5) is 0 Å². The number of hydrazone groups is 1. The van der Waals surface area contributed by atoms with E-state index in [-0.39, 0.29) is 5.91 Å². The van der Waals surface area contributed by atoms with E-state index in [0.29, 0.717) is 6.42 Å². The van der Waals surface area contributed by atoms with Crippen molar-refractivity contribution in [2.45, 2.75) is 6.42 Å². The van der Waals surface area contributed by atoms with E-state index in [1.54, 1.807) is 6.21 Å². The molecule has 1 aromatic heterocycles. The van der Waals surface area contributed by atoms with E-state index in [1.165, 1.54) is 0 Å². The van der Waals surface area contributed by atoms with Gasteiger partial charge >= 0.3 is 0 Å². The van der Waals surface area contributed by atoms with Crippen LogP contribution in [0, 0.1) is 0 Å². The second-order valence-corrected chi connectivity index (χ2v) is 5.15. The number of aryl methyl sites for hydroxylation is 1. The van der Waals surface area contributed by atoms with E-state index < -0.39 is 0 Å². The van der Waals surface area contributed by atoms with Crippen molar-refractivity contribution in [3.63, 3.8) is 0 Å². The number of aromatic nitrogens is 1. The first-order valence-electron chi connectivity index (χ1n) is 7.14. The number of rotatable bonds is 4. The quantitative estimate of drug-likeness (QED) is 0.583. The third-order valence-corrected chi connectivity index (χ3v) is 3.60. The van der Waals surface area contributed by atoms with Gasteiger partial charge in [0.05, 0.1) is 18.3 Å². The molecule has 0 spiro atoms. The summed E-state index contributed by atoms with van der Waals surface area (Å²) in [5.41, 5.74) is 4.52. The Balaban J connectivity index is 1.69. The van der Waals surface area contributed by atoms with E-state index in [0.717, 1.165) is 22.0 Å². The smallest absolute Gasteiger partial charge is 0.244 e. The van der Waals surface area contributed by atoms with Crippen LogP contribution in [-0.4, -0.2) is 16.7 Å². The molecule has 1 N–H and O–H groups in total. The number of amides is 1. The molecule has 0 radical (unpaired) electrons. The Morgan fingerprint density at radius 1 is 1.14 bits per heavy atom. The summed E-state index contributed by atoms with van der Waals surface area (Å²) in [4.78, 5) is 12.0. The normalized spacial score (nSPS) is 11.1. The Kier molecular flexibility index (Phi) is 4.01. The van der Waals surface area contributed by atoms with Crippen molar-refractivity contribution < 1.29 is 4.79 Å². The highest BCUT2D eigenvalue weighted by Crippen LogP contribution is 2.18. The fourth-order valence-corrected chi connectivity index (χ4v) is 2.44. The molecule has 0 atom stereocenters. The third kappa shape index (κ3) is 3.06. The average molecular weight is 291 g/mol. The predicted octanol–water partition coefficient (Wildman–Crippen LogP) is 2.87. The molecule has 4 heteroatoms. The number of hydrogen-bond acceptors (Lipinski definition) is 2. The Morgan fingerprint density at radius 3 is 2.77 bits per heavy atom. The van der Waals surface area contributed by atoms with Gasteiger partial charge in [-0.2, -0.15) is 5.10 Å². The maximum Gasteiger partial charge on any atom is 0.244 e. The highest BCUT2D eigenvalue weighted by atomic mass is 16.2. The van der Waals surface area contributed by atoms with Gasteiger partial charge in [0.2, 0.25) is 5.91 Å². The number of fused-ring (bicyclic) bond motifs is 1. The summed E-state index contributed by atoms with van der Waals surface area (Å²) in [6.45, 7) is 0. The molecular weight excluding hydrogens is 274 g/mol. The van der Waals surface area contributed by atoms with Gasteiger partial charge in [-0.1, -0.05) is 42.5 Å². The van der Waals surface area contributed by atoms with E-state index in [2.05, 4.69) is 10.5 Å². The molecule has 0 aliphatic heterocycles. The summed E-state index contributed by atoms with van der Waals surface area (Å²) in [5, 5.41) is 6.25. The van der Waals surface area contributed by atoms with Gasteiger partial charge in [0.1, 0.15) is 0 Å². The zero-order chi connectivity index (χ0) is 15.4. The molecule has 1 heterocycles. The van der Waals surface area contributed by atoms with Gasteiger partial charge in [0.25, 0.3) is 0 Å². The van der Waals surface area contributed by atoms with Crippen molar-refractivity contribution in [2.24, 2.45) is 12.1 Å². The molecule has 0 unspecified atom stereocenters. The van der Waals surface area contributed by atoms with Crippen LogP contribution in [0.15, 0.2) is 65.9 Å². The minimum Gasteiger partial charge on any atom is -0.350 e. The van der Waals surface area contributed by atoms with Gasteiger partial charge in [0, 0.05) is 13.2 Å². The minimum atomic E-state index is -0.123. The van der Waals surface area contributed by atoms with Gasteiger partial charge in [-0.25, -0.2) is 5.43 Å². The first-order chi connectivity index (χ1) is 10.7. The zero-order valence-corrected chi connectivity index (χ0v) is 12.4. The lowest BCUT2D eigenvalue weighted by Crippen LogP contribution is -2.20. The van der Waals surface area contributed by atoms with Crippen molar-refractivity contribution in [1.29, 1.82) is 0 Å². The molecular formula is C18H17N3O. The molecule has 1 amide bonds. The molecule has 0 bridgehead atoms. The Labute approximate surface area is 129 Å². The summed E-state index contributed by atoms with van der Waals surface area (Å²) in [5.74, 6) is -0.123. The molecule has 2 aromatic carbocycles. The minimum absolute atomic E-state index is 0.123.